The van der Waals surface area contributed by atoms with Gasteiger partial charge in [-0.2, -0.15) is 4.80 Å². The Balaban J connectivity index is 1.19. The van der Waals surface area contributed by atoms with Gasteiger partial charge in [0, 0.05) is 0 Å². The lowest BCUT2D eigenvalue weighted by molar-refractivity contribution is -0.0847. The van der Waals surface area contributed by atoms with Gasteiger partial charge in [-0.15, -0.1) is 10.2 Å². The minimum Gasteiger partial charge on any atom is -0.389 e. The molecule has 11 atom stereocenters. The number of hydrogen-bond donors (Lipinski definition) is 1. The van der Waals surface area contributed by atoms with Crippen LogP contribution < -0.4 is 0 Å². The molecule has 1 heterocycles. The molecule has 0 spiro atoms. The number of nitrogens with zero attached hydrogens (tertiary/aromatic N) is 4. The van der Waals surface area contributed by atoms with Gasteiger partial charge < -0.3 is 5.11 Å². The second kappa shape index (κ2) is 6.52. The molecular formula is C25H40N4O. The van der Waals surface area contributed by atoms with E-state index in [1.165, 1.54) is 44.9 Å². The van der Waals surface area contributed by atoms with Gasteiger partial charge in [-0.3, -0.25) is 0 Å². The zero-order valence-electron chi connectivity index (χ0n) is 19.3. The van der Waals surface area contributed by atoms with Crippen LogP contribution in [-0.4, -0.2) is 30.9 Å². The first-order valence-electron chi connectivity index (χ1n) is 12.8. The van der Waals surface area contributed by atoms with E-state index in [4.69, 9.17) is 0 Å². The highest BCUT2D eigenvalue weighted by Crippen LogP contribution is 2.70. The maximum absolute atomic E-state index is 10.9. The van der Waals surface area contributed by atoms with Crippen LogP contribution in [0.15, 0.2) is 0 Å². The van der Waals surface area contributed by atoms with Crippen molar-refractivity contribution in [3.8, 4) is 0 Å². The predicted molar refractivity (Wildman–Crippen MR) is 115 cm³/mol. The largest absolute Gasteiger partial charge is 0.389 e. The monoisotopic (exact) mass is 412 g/mol. The Bertz CT molecular complexity index is 824. The highest BCUT2D eigenvalue weighted by molar-refractivity contribution is 5.18. The number of aliphatic hydroxyl groups is 1. The minimum absolute atomic E-state index is 0.279. The highest BCUT2D eigenvalue weighted by Gasteiger charge is 2.69. The Kier molecular flexibility index (Phi) is 4.28. The number of aromatic nitrogens is 4. The molecule has 5 aliphatic rings. The first-order chi connectivity index (χ1) is 14.3. The zero-order chi connectivity index (χ0) is 20.8. The molecule has 0 amide bonds. The van der Waals surface area contributed by atoms with Gasteiger partial charge >= 0.3 is 0 Å². The van der Waals surface area contributed by atoms with Crippen molar-refractivity contribution in [2.45, 2.75) is 91.2 Å². The van der Waals surface area contributed by atoms with Crippen molar-refractivity contribution in [3.63, 3.8) is 0 Å². The van der Waals surface area contributed by atoms with Crippen molar-refractivity contribution in [1.29, 1.82) is 0 Å². The summed E-state index contributed by atoms with van der Waals surface area (Å²) in [5.41, 5.74) is 0.212. The Morgan fingerprint density at radius 1 is 1.03 bits per heavy atom. The van der Waals surface area contributed by atoms with Crippen LogP contribution in [-0.2, 0) is 6.54 Å². The second-order valence-electron chi connectivity index (χ2n) is 12.3. The topological polar surface area (TPSA) is 63.8 Å². The average Bonchev–Trinajstić information content (AvgIpc) is 3.01. The van der Waals surface area contributed by atoms with Crippen LogP contribution in [0.25, 0.3) is 0 Å². The standard InChI is InChI=1S/C25H40N4O/c1-14(13-29-27-16(3)26-28-29)21-7-8-22-19-5-6-20-18(17(19)9-11-24(21,22)4)10-12-25(30)15(2)23(20)25/h14-15,17-23,30H,5-13H2,1-4H3/t14-,15?,17+,18+,19+,20+,21+,22-,23?,24+,25-/m0/s1. The van der Waals surface area contributed by atoms with Crippen molar-refractivity contribution in [2.24, 2.45) is 58.7 Å². The summed E-state index contributed by atoms with van der Waals surface area (Å²) in [6.07, 6.45) is 10.8. The molecule has 1 aromatic rings. The third-order valence-corrected chi connectivity index (χ3v) is 11.3. The van der Waals surface area contributed by atoms with E-state index in [1.807, 2.05) is 11.7 Å². The van der Waals surface area contributed by atoms with Crippen LogP contribution in [0.3, 0.4) is 0 Å². The first kappa shape index (κ1) is 19.7. The van der Waals surface area contributed by atoms with Crippen LogP contribution in [0.2, 0.25) is 0 Å². The van der Waals surface area contributed by atoms with Gasteiger partial charge in [-0.1, -0.05) is 20.8 Å². The van der Waals surface area contributed by atoms with E-state index >= 15 is 0 Å². The van der Waals surface area contributed by atoms with Crippen molar-refractivity contribution >= 4 is 0 Å². The maximum atomic E-state index is 10.9. The summed E-state index contributed by atoms with van der Waals surface area (Å²) < 4.78 is 0. The van der Waals surface area contributed by atoms with Gasteiger partial charge in [0.1, 0.15) is 0 Å². The molecule has 5 saturated carbocycles. The fourth-order valence-electron chi connectivity index (χ4n) is 10.00. The van der Waals surface area contributed by atoms with Crippen LogP contribution in [0.4, 0.5) is 0 Å². The van der Waals surface area contributed by atoms with Crippen molar-refractivity contribution < 1.29 is 5.11 Å². The lowest BCUT2D eigenvalue weighted by Gasteiger charge is -2.56. The second-order valence-corrected chi connectivity index (χ2v) is 12.3. The lowest BCUT2D eigenvalue weighted by atomic mass is 9.49. The third-order valence-electron chi connectivity index (χ3n) is 11.3. The Labute approximate surface area is 181 Å². The third kappa shape index (κ3) is 2.59. The summed E-state index contributed by atoms with van der Waals surface area (Å²) in [5, 5.41) is 23.7. The Morgan fingerprint density at radius 2 is 1.77 bits per heavy atom. The summed E-state index contributed by atoms with van der Waals surface area (Å²) >= 11 is 0. The highest BCUT2D eigenvalue weighted by atomic mass is 16.3. The molecule has 6 rings (SSSR count). The summed E-state index contributed by atoms with van der Waals surface area (Å²) in [6.45, 7) is 10.2. The van der Waals surface area contributed by atoms with E-state index in [9.17, 15) is 5.11 Å². The van der Waals surface area contributed by atoms with Gasteiger partial charge in [0.05, 0.1) is 12.1 Å². The predicted octanol–water partition coefficient (Wildman–Crippen LogP) is 4.49. The summed E-state index contributed by atoms with van der Waals surface area (Å²) in [4.78, 5) is 1.83. The van der Waals surface area contributed by atoms with Gasteiger partial charge in [0.2, 0.25) is 0 Å². The number of rotatable bonds is 3. The molecule has 30 heavy (non-hydrogen) atoms. The molecule has 5 aliphatic carbocycles. The SMILES string of the molecule is Cc1nnn(C[C@H](C)[C@H]2CC[C@H]3[C@@H]4CC[C@H]5C6C(C)[C@@]6(O)CC[C@@H]5[C@H]4CC[C@]23C)n1. The van der Waals surface area contributed by atoms with Gasteiger partial charge in [-0.05, 0) is 122 Å². The Hall–Kier alpha value is -0.970. The molecule has 0 radical (unpaired) electrons. The smallest absolute Gasteiger partial charge is 0.171 e. The molecule has 1 aromatic heterocycles. The van der Waals surface area contributed by atoms with E-state index in [0.29, 0.717) is 23.2 Å². The molecule has 5 fully saturated rings. The number of tetrazole rings is 1. The van der Waals surface area contributed by atoms with Crippen molar-refractivity contribution in [2.75, 3.05) is 0 Å². The van der Waals surface area contributed by atoms with Gasteiger partial charge in [0.15, 0.2) is 5.82 Å². The number of fused-ring (bicyclic) bond motifs is 7. The maximum Gasteiger partial charge on any atom is 0.171 e. The number of hydrogen-bond acceptors (Lipinski definition) is 4. The van der Waals surface area contributed by atoms with Gasteiger partial charge in [0.25, 0.3) is 0 Å². The molecular weight excluding hydrogens is 372 g/mol. The molecule has 166 valence electrons. The van der Waals surface area contributed by atoms with E-state index in [0.717, 1.165) is 54.3 Å². The summed E-state index contributed by atoms with van der Waals surface area (Å²) in [5.74, 6) is 7.87. The molecule has 5 heteroatoms. The fourth-order valence-corrected chi connectivity index (χ4v) is 10.00. The minimum atomic E-state index is -0.279. The summed E-state index contributed by atoms with van der Waals surface area (Å²) in [6, 6.07) is 0. The van der Waals surface area contributed by atoms with Crippen LogP contribution in [0.5, 0.6) is 0 Å². The molecule has 1 N–H and O–H groups in total. The van der Waals surface area contributed by atoms with Crippen LogP contribution in [0.1, 0.15) is 78.0 Å². The van der Waals surface area contributed by atoms with E-state index in [1.54, 1.807) is 0 Å². The normalized spacial score (nSPS) is 52.7. The van der Waals surface area contributed by atoms with Crippen LogP contribution in [0, 0.1) is 65.6 Å². The van der Waals surface area contributed by atoms with E-state index < -0.39 is 0 Å². The molecule has 0 aliphatic heterocycles. The Morgan fingerprint density at radius 3 is 2.53 bits per heavy atom. The molecule has 5 nitrogen and oxygen atoms in total. The van der Waals surface area contributed by atoms with E-state index in [2.05, 4.69) is 36.2 Å². The summed E-state index contributed by atoms with van der Waals surface area (Å²) in [7, 11) is 0. The zero-order valence-corrected chi connectivity index (χ0v) is 19.3. The van der Waals surface area contributed by atoms with Crippen LogP contribution >= 0.6 is 0 Å². The molecule has 0 aromatic carbocycles. The van der Waals surface area contributed by atoms with Crippen molar-refractivity contribution in [3.05, 3.63) is 5.82 Å². The molecule has 0 bridgehead atoms. The average molecular weight is 413 g/mol. The fraction of sp³-hybridized carbons (Fsp3) is 0.960. The molecule has 0 saturated heterocycles. The van der Waals surface area contributed by atoms with Gasteiger partial charge in [-0.25, -0.2) is 0 Å². The quantitative estimate of drug-likeness (QED) is 0.794. The van der Waals surface area contributed by atoms with E-state index in [-0.39, 0.29) is 5.60 Å². The number of aryl methyl sites for hydroxylation is 1. The van der Waals surface area contributed by atoms with Crippen molar-refractivity contribution in [1.82, 2.24) is 20.2 Å². The lowest BCUT2D eigenvalue weighted by Crippen LogP contribution is -2.50. The molecule has 2 unspecified atom stereocenters. The first-order valence-corrected chi connectivity index (χ1v) is 12.8.